The third kappa shape index (κ3) is 3.37. The number of imidazole rings is 1. The van der Waals surface area contributed by atoms with Crippen LogP contribution in [0.2, 0.25) is 0 Å². The van der Waals surface area contributed by atoms with E-state index >= 15 is 0 Å². The molecule has 0 aliphatic heterocycles. The van der Waals surface area contributed by atoms with Gasteiger partial charge in [0.1, 0.15) is 9.84 Å². The Bertz CT molecular complexity index is 634. The number of nitrogens with one attached hydrogen (secondary N) is 1. The maximum atomic E-state index is 11.0. The van der Waals surface area contributed by atoms with Gasteiger partial charge in [0.25, 0.3) is 0 Å². The summed E-state index contributed by atoms with van der Waals surface area (Å²) >= 11 is 1.39. The van der Waals surface area contributed by atoms with Crippen LogP contribution in [0.4, 0.5) is 5.69 Å². The van der Waals surface area contributed by atoms with Gasteiger partial charge in [0, 0.05) is 17.7 Å². The van der Waals surface area contributed by atoms with E-state index in [0.29, 0.717) is 16.6 Å². The van der Waals surface area contributed by atoms with Crippen LogP contribution in [0, 0.1) is 0 Å². The van der Waals surface area contributed by atoms with Crippen LogP contribution in [0.25, 0.3) is 11.0 Å². The Morgan fingerprint density at radius 1 is 1.47 bits per heavy atom. The topological polar surface area (TPSA) is 88.8 Å². The van der Waals surface area contributed by atoms with Crippen LogP contribution in [0.15, 0.2) is 23.4 Å². The Morgan fingerprint density at radius 3 is 2.94 bits per heavy atom. The summed E-state index contributed by atoms with van der Waals surface area (Å²) in [6, 6.07) is 5.43. The molecule has 3 N–H and O–H groups in total. The lowest BCUT2D eigenvalue weighted by molar-refractivity contribution is 0.603. The van der Waals surface area contributed by atoms with Crippen molar-refractivity contribution in [2.75, 3.05) is 23.5 Å². The second-order valence-corrected chi connectivity index (χ2v) is 7.14. The third-order valence-electron chi connectivity index (χ3n) is 2.18. The Balaban J connectivity index is 2.09. The van der Waals surface area contributed by atoms with Crippen molar-refractivity contribution in [3.63, 3.8) is 0 Å². The maximum Gasteiger partial charge on any atom is 0.166 e. The lowest BCUT2D eigenvalue weighted by atomic mass is 10.3. The minimum atomic E-state index is -2.91. The van der Waals surface area contributed by atoms with E-state index in [4.69, 9.17) is 5.73 Å². The molecule has 0 aliphatic carbocycles. The largest absolute Gasteiger partial charge is 0.399 e. The predicted octanol–water partition coefficient (Wildman–Crippen LogP) is 1.28. The van der Waals surface area contributed by atoms with Gasteiger partial charge in [-0.3, -0.25) is 0 Å². The van der Waals surface area contributed by atoms with Gasteiger partial charge >= 0.3 is 0 Å². The Hall–Kier alpha value is -1.21. The number of hydrogen-bond donors (Lipinski definition) is 2. The van der Waals surface area contributed by atoms with Gasteiger partial charge < -0.3 is 10.7 Å². The summed E-state index contributed by atoms with van der Waals surface area (Å²) in [5, 5.41) is 0.717. The minimum Gasteiger partial charge on any atom is -0.399 e. The summed E-state index contributed by atoms with van der Waals surface area (Å²) in [5.41, 5.74) is 8.03. The average Bonchev–Trinajstić information content (AvgIpc) is 2.57. The molecule has 0 saturated heterocycles. The van der Waals surface area contributed by atoms with Gasteiger partial charge in [0.15, 0.2) is 5.16 Å². The van der Waals surface area contributed by atoms with Crippen molar-refractivity contribution in [2.24, 2.45) is 0 Å². The van der Waals surface area contributed by atoms with Crippen molar-refractivity contribution in [1.29, 1.82) is 0 Å². The van der Waals surface area contributed by atoms with E-state index in [0.717, 1.165) is 11.0 Å². The van der Waals surface area contributed by atoms with E-state index in [1.165, 1.54) is 18.0 Å². The van der Waals surface area contributed by atoms with Crippen molar-refractivity contribution in [2.45, 2.75) is 5.16 Å². The molecule has 17 heavy (non-hydrogen) atoms. The van der Waals surface area contributed by atoms with Gasteiger partial charge in [-0.15, -0.1) is 0 Å². The summed E-state index contributed by atoms with van der Waals surface area (Å²) < 4.78 is 22.0. The molecule has 0 saturated carbocycles. The van der Waals surface area contributed by atoms with E-state index in [1.807, 2.05) is 12.1 Å². The van der Waals surface area contributed by atoms with Crippen molar-refractivity contribution >= 4 is 38.3 Å². The molecule has 0 fully saturated rings. The normalized spacial score (nSPS) is 12.1. The Labute approximate surface area is 104 Å². The number of thioether (sulfide) groups is 1. The minimum absolute atomic E-state index is 0.150. The Kier molecular flexibility index (Phi) is 3.30. The fourth-order valence-electron chi connectivity index (χ4n) is 1.36. The van der Waals surface area contributed by atoms with Crippen LogP contribution in [0.1, 0.15) is 0 Å². The first-order chi connectivity index (χ1) is 7.94. The number of aromatic amines is 1. The number of benzene rings is 1. The number of hydrogen-bond acceptors (Lipinski definition) is 5. The molecule has 1 aromatic heterocycles. The smallest absolute Gasteiger partial charge is 0.166 e. The van der Waals surface area contributed by atoms with Crippen molar-refractivity contribution in [3.05, 3.63) is 18.2 Å². The first-order valence-electron chi connectivity index (χ1n) is 5.00. The summed E-state index contributed by atoms with van der Waals surface area (Å²) in [4.78, 5) is 7.43. The van der Waals surface area contributed by atoms with Gasteiger partial charge in [-0.25, -0.2) is 13.4 Å². The zero-order valence-corrected chi connectivity index (χ0v) is 10.9. The second-order valence-electron chi connectivity index (χ2n) is 3.80. The molecule has 0 unspecified atom stereocenters. The van der Waals surface area contributed by atoms with E-state index in [1.54, 1.807) is 6.07 Å². The highest BCUT2D eigenvalue weighted by Gasteiger charge is 2.06. The number of anilines is 1. The molecule has 92 valence electrons. The second kappa shape index (κ2) is 4.58. The first kappa shape index (κ1) is 12.3. The molecule has 1 aromatic carbocycles. The maximum absolute atomic E-state index is 11.0. The number of aromatic nitrogens is 2. The van der Waals surface area contributed by atoms with Crippen molar-refractivity contribution in [3.8, 4) is 0 Å². The van der Waals surface area contributed by atoms with Crippen LogP contribution >= 0.6 is 11.8 Å². The summed E-state index contributed by atoms with van der Waals surface area (Å²) in [7, 11) is -2.91. The number of H-pyrrole nitrogens is 1. The molecule has 7 heteroatoms. The van der Waals surface area contributed by atoms with Crippen molar-refractivity contribution in [1.82, 2.24) is 9.97 Å². The molecule has 5 nitrogen and oxygen atoms in total. The SMILES string of the molecule is CS(=O)(=O)CCSc1nc2ccc(N)cc2[nH]1. The first-order valence-corrected chi connectivity index (χ1v) is 8.04. The summed E-state index contributed by atoms with van der Waals surface area (Å²) in [6.07, 6.45) is 1.23. The third-order valence-corrected chi connectivity index (χ3v) is 4.26. The summed E-state index contributed by atoms with van der Waals surface area (Å²) in [6.45, 7) is 0. The lowest BCUT2D eigenvalue weighted by Gasteiger charge is -1.95. The fourth-order valence-corrected chi connectivity index (χ4v) is 3.44. The summed E-state index contributed by atoms with van der Waals surface area (Å²) in [5.74, 6) is 0.644. The molecule has 0 atom stereocenters. The van der Waals surface area contributed by atoms with E-state index in [2.05, 4.69) is 9.97 Å². The molecule has 1 heterocycles. The van der Waals surface area contributed by atoms with E-state index in [9.17, 15) is 8.42 Å². The molecular weight excluding hydrogens is 258 g/mol. The zero-order valence-electron chi connectivity index (χ0n) is 9.30. The number of nitrogens with zero attached hydrogens (tertiary/aromatic N) is 1. The standard InChI is InChI=1S/C10H13N3O2S2/c1-17(14,15)5-4-16-10-12-8-3-2-7(11)6-9(8)13-10/h2-3,6H,4-5,11H2,1H3,(H,12,13). The average molecular weight is 271 g/mol. The van der Waals surface area contributed by atoms with Crippen LogP contribution < -0.4 is 5.73 Å². The molecule has 0 spiro atoms. The van der Waals surface area contributed by atoms with Gasteiger partial charge in [-0.1, -0.05) is 11.8 Å². The predicted molar refractivity (Wildman–Crippen MR) is 70.9 cm³/mol. The number of nitrogen functional groups attached to an aromatic ring is 1. The number of nitrogens with two attached hydrogens (primary N) is 1. The lowest BCUT2D eigenvalue weighted by Crippen LogP contribution is -2.04. The molecule has 0 amide bonds. The highest BCUT2D eigenvalue weighted by Crippen LogP contribution is 2.21. The highest BCUT2D eigenvalue weighted by molar-refractivity contribution is 8.00. The molecule has 2 aromatic rings. The van der Waals surface area contributed by atoms with Crippen molar-refractivity contribution < 1.29 is 8.42 Å². The monoisotopic (exact) mass is 271 g/mol. The number of sulfone groups is 1. The molecular formula is C10H13N3O2S2. The van der Waals surface area contributed by atoms with E-state index < -0.39 is 9.84 Å². The van der Waals surface area contributed by atoms with Gasteiger partial charge in [-0.2, -0.15) is 0 Å². The van der Waals surface area contributed by atoms with E-state index in [-0.39, 0.29) is 5.75 Å². The number of fused-ring (bicyclic) bond motifs is 1. The quantitative estimate of drug-likeness (QED) is 0.646. The van der Waals surface area contributed by atoms with Crippen LogP contribution in [0.3, 0.4) is 0 Å². The van der Waals surface area contributed by atoms with Crippen LogP contribution in [-0.4, -0.2) is 36.1 Å². The molecule has 0 aliphatic rings. The molecule has 2 rings (SSSR count). The van der Waals surface area contributed by atoms with Crippen LogP contribution in [-0.2, 0) is 9.84 Å². The van der Waals surface area contributed by atoms with Gasteiger partial charge in [-0.05, 0) is 18.2 Å². The number of rotatable bonds is 4. The highest BCUT2D eigenvalue weighted by atomic mass is 32.2. The van der Waals surface area contributed by atoms with Gasteiger partial charge in [0.2, 0.25) is 0 Å². The molecule has 0 radical (unpaired) electrons. The fraction of sp³-hybridized carbons (Fsp3) is 0.300. The zero-order chi connectivity index (χ0) is 12.5. The van der Waals surface area contributed by atoms with Gasteiger partial charge in [0.05, 0.1) is 16.8 Å². The Morgan fingerprint density at radius 2 is 2.24 bits per heavy atom. The van der Waals surface area contributed by atoms with Crippen LogP contribution in [0.5, 0.6) is 0 Å². The molecule has 0 bridgehead atoms.